The number of rotatable bonds is 7. The van der Waals surface area contributed by atoms with Crippen molar-refractivity contribution in [2.45, 2.75) is 24.2 Å². The van der Waals surface area contributed by atoms with Crippen LogP contribution in [-0.2, 0) is 24.6 Å². The first-order valence-corrected chi connectivity index (χ1v) is 18.2. The number of benzene rings is 4. The zero-order valence-corrected chi connectivity index (χ0v) is 30.7. The number of carboxylic acid groups (broad SMARTS) is 1. The Hall–Kier alpha value is -5.53. The van der Waals surface area contributed by atoms with Gasteiger partial charge >= 0.3 is 5.97 Å². The van der Waals surface area contributed by atoms with Gasteiger partial charge in [0.15, 0.2) is 11.5 Å². The van der Waals surface area contributed by atoms with E-state index in [9.17, 15) is 33.8 Å². The summed E-state index contributed by atoms with van der Waals surface area (Å²) < 4.78 is 19.9. The number of methoxy groups -OCH3 is 1. The van der Waals surface area contributed by atoms with Crippen LogP contribution in [0.3, 0.4) is 0 Å². The van der Waals surface area contributed by atoms with E-state index in [1.165, 1.54) is 55.6 Å². The number of fused-ring (bicyclic) bond motifs is 4. The van der Waals surface area contributed by atoms with E-state index in [0.717, 1.165) is 9.91 Å². The van der Waals surface area contributed by atoms with Gasteiger partial charge in [0.05, 0.1) is 47.2 Å². The van der Waals surface area contributed by atoms with E-state index >= 15 is 4.79 Å². The fourth-order valence-electron chi connectivity index (χ4n) is 9.00. The number of amides is 4. The van der Waals surface area contributed by atoms with Gasteiger partial charge in [0.1, 0.15) is 5.82 Å². The zero-order chi connectivity index (χ0) is 38.2. The monoisotopic (exact) mass is 813 g/mol. The molecule has 0 bridgehead atoms. The van der Waals surface area contributed by atoms with Gasteiger partial charge in [0.2, 0.25) is 11.8 Å². The van der Waals surface area contributed by atoms with Crippen molar-refractivity contribution in [2.24, 2.45) is 23.7 Å². The van der Waals surface area contributed by atoms with Crippen molar-refractivity contribution < 1.29 is 43.3 Å². The lowest BCUT2D eigenvalue weighted by Crippen LogP contribution is -2.53. The maximum atomic E-state index is 15.3. The van der Waals surface area contributed by atoms with Crippen LogP contribution in [0.15, 0.2) is 101 Å². The number of allylic oxidation sites excluding steroid dienone is 2. The van der Waals surface area contributed by atoms with Gasteiger partial charge in [-0.2, -0.15) is 5.01 Å². The molecule has 0 radical (unpaired) electrons. The Kier molecular flexibility index (Phi) is 8.61. The molecular weight excluding hydrogens is 785 g/mol. The lowest BCUT2D eigenvalue weighted by molar-refractivity contribution is -0.138. The van der Waals surface area contributed by atoms with Crippen LogP contribution >= 0.6 is 27.5 Å². The predicted octanol–water partition coefficient (Wildman–Crippen LogP) is 6.84. The van der Waals surface area contributed by atoms with Crippen molar-refractivity contribution in [1.29, 1.82) is 0 Å². The van der Waals surface area contributed by atoms with E-state index in [1.807, 2.05) is 6.08 Å². The first-order valence-electron chi connectivity index (χ1n) is 17.0. The van der Waals surface area contributed by atoms with Crippen molar-refractivity contribution >= 4 is 68.5 Å². The number of hydrogen-bond donors (Lipinski definition) is 3. The molecule has 4 aromatic rings. The van der Waals surface area contributed by atoms with Crippen molar-refractivity contribution in [3.8, 4) is 11.5 Å². The molecule has 3 N–H and O–H groups in total. The SMILES string of the molecule is COc1cc(Br)cc([C@H]2C3=CC[C@@H]4C(=O)N(c5cccc(C(=O)O)c5)C(=O)[C@@H]4[C@@H]3C[C@H]3C(=O)N(Nc4ccc(F)cc4)C(=O)[C@@]23c2ccc(Cl)cc2)c1O. The fraction of sp³-hybridized carbons (Fsp3) is 0.225. The molecule has 1 saturated carbocycles. The number of aromatic carboxylic acids is 1. The molecule has 4 aromatic carbocycles. The fourth-order valence-corrected chi connectivity index (χ4v) is 9.58. The van der Waals surface area contributed by atoms with Crippen LogP contribution in [0.2, 0.25) is 5.02 Å². The highest BCUT2D eigenvalue weighted by Gasteiger charge is 2.70. The third-order valence-corrected chi connectivity index (χ3v) is 11.9. The Morgan fingerprint density at radius 1 is 0.963 bits per heavy atom. The molecule has 2 saturated heterocycles. The Bertz CT molecular complexity index is 2320. The van der Waals surface area contributed by atoms with Gasteiger partial charge in [-0.05, 0) is 91.1 Å². The van der Waals surface area contributed by atoms with Gasteiger partial charge in [-0.3, -0.25) is 29.5 Å². The van der Waals surface area contributed by atoms with Gasteiger partial charge in [-0.25, -0.2) is 9.18 Å². The average molecular weight is 815 g/mol. The normalized spacial score (nSPS) is 25.9. The summed E-state index contributed by atoms with van der Waals surface area (Å²) in [6.07, 6.45) is 1.89. The number of imide groups is 2. The molecule has 54 heavy (non-hydrogen) atoms. The smallest absolute Gasteiger partial charge is 0.335 e. The lowest BCUT2D eigenvalue weighted by Gasteiger charge is -2.50. The molecule has 2 aliphatic carbocycles. The van der Waals surface area contributed by atoms with Crippen molar-refractivity contribution in [3.05, 3.63) is 129 Å². The Balaban J connectivity index is 1.34. The number of hydrazine groups is 1. The summed E-state index contributed by atoms with van der Waals surface area (Å²) in [5.41, 5.74) is 2.66. The highest BCUT2D eigenvalue weighted by Crippen LogP contribution is 2.65. The van der Waals surface area contributed by atoms with Gasteiger partial charge < -0.3 is 14.9 Å². The molecule has 0 spiro atoms. The van der Waals surface area contributed by atoms with Crippen molar-refractivity contribution in [1.82, 2.24) is 5.01 Å². The van der Waals surface area contributed by atoms with E-state index in [0.29, 0.717) is 20.6 Å². The van der Waals surface area contributed by atoms with Gasteiger partial charge in [-0.15, -0.1) is 0 Å². The van der Waals surface area contributed by atoms with Crippen molar-refractivity contribution in [3.63, 3.8) is 0 Å². The minimum Gasteiger partial charge on any atom is -0.504 e. The molecule has 8 rings (SSSR count). The Morgan fingerprint density at radius 2 is 1.69 bits per heavy atom. The van der Waals surface area contributed by atoms with Crippen LogP contribution < -0.4 is 15.1 Å². The molecule has 2 heterocycles. The summed E-state index contributed by atoms with van der Waals surface area (Å²) in [5, 5.41) is 22.8. The summed E-state index contributed by atoms with van der Waals surface area (Å²) in [6.45, 7) is 0. The number of ether oxygens (including phenoxy) is 1. The minimum absolute atomic E-state index is 0.0355. The topological polar surface area (TPSA) is 154 Å². The largest absolute Gasteiger partial charge is 0.504 e. The molecule has 4 amide bonds. The second kappa shape index (κ2) is 13.1. The number of nitrogens with one attached hydrogen (secondary N) is 1. The molecule has 11 nitrogen and oxygen atoms in total. The number of carbonyl (C=O) groups is 5. The lowest BCUT2D eigenvalue weighted by atomic mass is 9.49. The van der Waals surface area contributed by atoms with E-state index in [-0.39, 0.29) is 46.8 Å². The number of hydrogen-bond acceptors (Lipinski definition) is 8. The quantitative estimate of drug-likeness (QED) is 0.134. The number of carboxylic acids is 1. The summed E-state index contributed by atoms with van der Waals surface area (Å²) >= 11 is 9.87. The second-order valence-corrected chi connectivity index (χ2v) is 15.1. The van der Waals surface area contributed by atoms with E-state index < -0.39 is 70.4 Å². The van der Waals surface area contributed by atoms with Crippen LogP contribution in [0.25, 0.3) is 0 Å². The molecule has 2 aliphatic heterocycles. The van der Waals surface area contributed by atoms with E-state index in [4.69, 9.17) is 16.3 Å². The standard InChI is InChI=1S/C40H30BrClFN3O8/c1-54-31-17-21(41)16-29(34(31)47)33-26-13-14-27-32(37(50)45(35(27)48)25-4-2-3-19(15-25)38(51)52)28(26)18-30-36(49)46(44-24-11-9-23(43)10-12-24)39(53)40(30,33)20-5-7-22(42)8-6-20/h2-13,15-17,27-28,30,32-33,44,47H,14,18H2,1H3,(H,51,52)/t27-,28+,30-,32-,33+,40+/m0/s1. The Labute approximate surface area is 321 Å². The number of carbonyl (C=O) groups excluding carboxylic acids is 4. The molecular formula is C40H30BrClFN3O8. The average Bonchev–Trinajstić information content (AvgIpc) is 3.54. The molecule has 6 atom stereocenters. The number of aromatic hydroxyl groups is 1. The summed E-state index contributed by atoms with van der Waals surface area (Å²) in [6, 6.07) is 20.5. The van der Waals surface area contributed by atoms with Crippen LogP contribution in [0.5, 0.6) is 11.5 Å². The number of phenolic OH excluding ortho intramolecular Hbond substituents is 1. The predicted molar refractivity (Wildman–Crippen MR) is 197 cm³/mol. The molecule has 3 fully saturated rings. The maximum absolute atomic E-state index is 15.3. The third-order valence-electron chi connectivity index (χ3n) is 11.2. The summed E-state index contributed by atoms with van der Waals surface area (Å²) in [7, 11) is 1.38. The van der Waals surface area contributed by atoms with Crippen molar-refractivity contribution in [2.75, 3.05) is 17.4 Å². The summed E-state index contributed by atoms with van der Waals surface area (Å²) in [5.74, 6) is -9.11. The Morgan fingerprint density at radius 3 is 2.37 bits per heavy atom. The molecule has 4 aliphatic rings. The van der Waals surface area contributed by atoms with Crippen LogP contribution in [0.4, 0.5) is 15.8 Å². The first-order chi connectivity index (χ1) is 25.9. The molecule has 0 aromatic heterocycles. The minimum atomic E-state index is -1.73. The van der Waals surface area contributed by atoms with Gasteiger partial charge in [0.25, 0.3) is 11.8 Å². The van der Waals surface area contributed by atoms with Gasteiger partial charge in [0, 0.05) is 21.0 Å². The summed E-state index contributed by atoms with van der Waals surface area (Å²) in [4.78, 5) is 71.6. The second-order valence-electron chi connectivity index (χ2n) is 13.8. The highest BCUT2D eigenvalue weighted by atomic mass is 79.9. The molecule has 0 unspecified atom stereocenters. The van der Waals surface area contributed by atoms with Crippen LogP contribution in [-0.4, -0.2) is 51.9 Å². The maximum Gasteiger partial charge on any atom is 0.335 e. The number of nitrogens with zero attached hydrogens (tertiary/aromatic N) is 2. The highest BCUT2D eigenvalue weighted by molar-refractivity contribution is 9.10. The van der Waals surface area contributed by atoms with Crippen LogP contribution in [0, 0.1) is 29.5 Å². The third kappa shape index (κ3) is 5.24. The molecule has 274 valence electrons. The van der Waals surface area contributed by atoms with E-state index in [1.54, 1.807) is 36.4 Å². The van der Waals surface area contributed by atoms with E-state index in [2.05, 4.69) is 21.4 Å². The van der Waals surface area contributed by atoms with Gasteiger partial charge in [-0.1, -0.05) is 57.4 Å². The zero-order valence-electron chi connectivity index (χ0n) is 28.3. The number of halogens is 3. The number of anilines is 2. The molecule has 14 heteroatoms. The van der Waals surface area contributed by atoms with Crippen LogP contribution in [0.1, 0.15) is 40.2 Å². The first kappa shape index (κ1) is 35.5. The number of phenols is 1.